The van der Waals surface area contributed by atoms with Crippen molar-refractivity contribution in [3.63, 3.8) is 0 Å². The first kappa shape index (κ1) is 15.9. The van der Waals surface area contributed by atoms with Crippen molar-refractivity contribution in [1.29, 1.82) is 0 Å². The van der Waals surface area contributed by atoms with Crippen LogP contribution in [0.25, 0.3) is 11.0 Å². The molecule has 1 heterocycles. The van der Waals surface area contributed by atoms with Gasteiger partial charge in [-0.25, -0.2) is 9.78 Å². The molecule has 1 aromatic heterocycles. The Morgan fingerprint density at radius 1 is 1.23 bits per heavy atom. The highest BCUT2D eigenvalue weighted by Gasteiger charge is 2.23. The van der Waals surface area contributed by atoms with Crippen LogP contribution in [0, 0.1) is 5.92 Å². The summed E-state index contributed by atoms with van der Waals surface area (Å²) in [4.78, 5) is 32.5. The van der Waals surface area contributed by atoms with Gasteiger partial charge in [-0.15, -0.1) is 0 Å². The van der Waals surface area contributed by atoms with Gasteiger partial charge in [0.1, 0.15) is 11.7 Å². The van der Waals surface area contributed by atoms with E-state index in [1.54, 1.807) is 6.07 Å². The predicted octanol–water partition coefficient (Wildman–Crippen LogP) is 1.95. The van der Waals surface area contributed by atoms with Crippen LogP contribution in [-0.2, 0) is 9.53 Å². The van der Waals surface area contributed by atoms with Crippen LogP contribution < -0.4 is 5.32 Å². The van der Waals surface area contributed by atoms with Crippen molar-refractivity contribution < 1.29 is 14.3 Å². The average molecular weight is 301 g/mol. The highest BCUT2D eigenvalue weighted by molar-refractivity contribution is 5.96. The molecule has 2 rings (SSSR count). The second-order valence-corrected chi connectivity index (χ2v) is 5.42. The van der Waals surface area contributed by atoms with Gasteiger partial charge in [0.15, 0.2) is 0 Å². The summed E-state index contributed by atoms with van der Waals surface area (Å²) in [6, 6.07) is 6.60. The molecule has 0 saturated heterocycles. The van der Waals surface area contributed by atoms with E-state index < -0.39 is 17.9 Å². The molecule has 0 bridgehead atoms. The molecule has 0 radical (unpaired) electrons. The largest absolute Gasteiger partial charge is 0.467 e. The summed E-state index contributed by atoms with van der Waals surface area (Å²) in [5.41, 5.74) is 1.52. The number of nitrogens with one attached hydrogen (secondary N) is 1. The maximum absolute atomic E-state index is 12.3. The van der Waals surface area contributed by atoms with Crippen LogP contribution >= 0.6 is 0 Å². The van der Waals surface area contributed by atoms with Crippen molar-refractivity contribution in [2.24, 2.45) is 5.92 Å². The third kappa shape index (κ3) is 3.78. The number of para-hydroxylation sites is 2. The van der Waals surface area contributed by atoms with Gasteiger partial charge in [0.25, 0.3) is 5.91 Å². The Balaban J connectivity index is 2.19. The number of carbonyl (C=O) groups is 2. The first-order chi connectivity index (χ1) is 10.5. The number of fused-ring (bicyclic) bond motifs is 1. The summed E-state index contributed by atoms with van der Waals surface area (Å²) < 4.78 is 4.73. The quantitative estimate of drug-likeness (QED) is 0.854. The van der Waals surface area contributed by atoms with Crippen LogP contribution in [0.3, 0.4) is 0 Å². The minimum Gasteiger partial charge on any atom is -0.467 e. The molecule has 1 unspecified atom stereocenters. The number of aromatic nitrogens is 2. The zero-order valence-electron chi connectivity index (χ0n) is 12.9. The van der Waals surface area contributed by atoms with E-state index in [1.807, 2.05) is 32.0 Å². The lowest BCUT2D eigenvalue weighted by atomic mass is 10.0. The Bertz CT molecular complexity index is 685. The van der Waals surface area contributed by atoms with E-state index in [0.717, 1.165) is 0 Å². The molecular weight excluding hydrogens is 282 g/mol. The Labute approximate surface area is 128 Å². The number of hydrogen-bond donors (Lipinski definition) is 1. The molecule has 6 nitrogen and oxygen atoms in total. The first-order valence-corrected chi connectivity index (χ1v) is 7.11. The van der Waals surface area contributed by atoms with Gasteiger partial charge in [-0.05, 0) is 24.5 Å². The van der Waals surface area contributed by atoms with Crippen LogP contribution in [0.15, 0.2) is 30.5 Å². The van der Waals surface area contributed by atoms with Gasteiger partial charge in [0.05, 0.1) is 24.3 Å². The van der Waals surface area contributed by atoms with Crippen molar-refractivity contribution in [2.45, 2.75) is 26.3 Å². The molecule has 116 valence electrons. The topological polar surface area (TPSA) is 81.2 Å². The Morgan fingerprint density at radius 2 is 1.91 bits per heavy atom. The third-order valence-electron chi connectivity index (χ3n) is 3.18. The standard InChI is InChI=1S/C16H19N3O3/c1-10(2)8-13(16(21)22-3)19-15(20)14-9-17-11-6-4-5-7-12(11)18-14/h4-7,9-10,13H,8H2,1-3H3,(H,19,20). The number of benzene rings is 1. The molecule has 2 aromatic rings. The van der Waals surface area contributed by atoms with E-state index in [2.05, 4.69) is 15.3 Å². The fourth-order valence-electron chi connectivity index (χ4n) is 2.13. The number of nitrogens with zero attached hydrogens (tertiary/aromatic N) is 2. The summed E-state index contributed by atoms with van der Waals surface area (Å²) in [7, 11) is 1.30. The molecule has 22 heavy (non-hydrogen) atoms. The molecule has 0 fully saturated rings. The van der Waals surface area contributed by atoms with E-state index in [4.69, 9.17) is 4.74 Å². The summed E-state index contributed by atoms with van der Waals surface area (Å²) in [6.45, 7) is 3.94. The maximum Gasteiger partial charge on any atom is 0.328 e. The fraction of sp³-hybridized carbons (Fsp3) is 0.375. The molecule has 1 aromatic carbocycles. The summed E-state index contributed by atoms with van der Waals surface area (Å²) in [6.07, 6.45) is 1.90. The molecule has 1 N–H and O–H groups in total. The molecule has 0 aliphatic carbocycles. The molecule has 0 saturated carbocycles. The first-order valence-electron chi connectivity index (χ1n) is 7.11. The van der Waals surface area contributed by atoms with Gasteiger partial charge in [-0.1, -0.05) is 26.0 Å². The lowest BCUT2D eigenvalue weighted by Gasteiger charge is -2.18. The molecule has 0 aliphatic heterocycles. The van der Waals surface area contributed by atoms with Gasteiger partial charge in [0.2, 0.25) is 0 Å². The minimum atomic E-state index is -0.689. The van der Waals surface area contributed by atoms with Gasteiger partial charge in [0, 0.05) is 0 Å². The predicted molar refractivity (Wildman–Crippen MR) is 82.3 cm³/mol. The van der Waals surface area contributed by atoms with E-state index in [0.29, 0.717) is 17.5 Å². The SMILES string of the molecule is COC(=O)C(CC(C)C)NC(=O)c1cnc2ccccc2n1. The summed E-state index contributed by atoms with van der Waals surface area (Å²) in [5.74, 6) is -0.655. The Morgan fingerprint density at radius 3 is 2.55 bits per heavy atom. The highest BCUT2D eigenvalue weighted by Crippen LogP contribution is 2.10. The maximum atomic E-state index is 12.3. The van der Waals surface area contributed by atoms with E-state index >= 15 is 0 Å². The monoisotopic (exact) mass is 301 g/mol. The van der Waals surface area contributed by atoms with Crippen LogP contribution in [-0.4, -0.2) is 35.0 Å². The number of rotatable bonds is 5. The summed E-state index contributed by atoms with van der Waals surface area (Å²) >= 11 is 0. The van der Waals surface area contributed by atoms with Gasteiger partial charge < -0.3 is 10.1 Å². The zero-order valence-corrected chi connectivity index (χ0v) is 12.9. The van der Waals surface area contributed by atoms with Gasteiger partial charge >= 0.3 is 5.97 Å². The van der Waals surface area contributed by atoms with Crippen molar-refractivity contribution in [2.75, 3.05) is 7.11 Å². The van der Waals surface area contributed by atoms with Gasteiger partial charge in [-0.3, -0.25) is 9.78 Å². The molecule has 1 atom stereocenters. The van der Waals surface area contributed by atoms with Crippen molar-refractivity contribution in [1.82, 2.24) is 15.3 Å². The molecule has 0 spiro atoms. The van der Waals surface area contributed by atoms with Crippen LogP contribution in [0.5, 0.6) is 0 Å². The van der Waals surface area contributed by atoms with E-state index in [9.17, 15) is 9.59 Å². The number of esters is 1. The molecular formula is C16H19N3O3. The summed E-state index contributed by atoms with van der Waals surface area (Å²) in [5, 5.41) is 2.66. The number of carbonyl (C=O) groups excluding carboxylic acids is 2. The smallest absolute Gasteiger partial charge is 0.328 e. The number of methoxy groups -OCH3 is 1. The van der Waals surface area contributed by atoms with Crippen molar-refractivity contribution in [3.8, 4) is 0 Å². The van der Waals surface area contributed by atoms with Crippen LogP contribution in [0.1, 0.15) is 30.8 Å². The van der Waals surface area contributed by atoms with Crippen LogP contribution in [0.2, 0.25) is 0 Å². The lowest BCUT2D eigenvalue weighted by Crippen LogP contribution is -2.42. The Hall–Kier alpha value is -2.50. The second kappa shape index (κ2) is 6.98. The normalized spacial score (nSPS) is 12.2. The number of amides is 1. The molecule has 6 heteroatoms. The second-order valence-electron chi connectivity index (χ2n) is 5.42. The van der Waals surface area contributed by atoms with E-state index in [-0.39, 0.29) is 11.6 Å². The Kier molecular flexibility index (Phi) is 5.04. The number of hydrogen-bond acceptors (Lipinski definition) is 5. The van der Waals surface area contributed by atoms with Crippen molar-refractivity contribution in [3.05, 3.63) is 36.2 Å². The zero-order chi connectivity index (χ0) is 16.1. The van der Waals surface area contributed by atoms with E-state index in [1.165, 1.54) is 13.3 Å². The average Bonchev–Trinajstić information content (AvgIpc) is 2.52. The van der Waals surface area contributed by atoms with Crippen LogP contribution in [0.4, 0.5) is 0 Å². The van der Waals surface area contributed by atoms with Gasteiger partial charge in [-0.2, -0.15) is 0 Å². The third-order valence-corrected chi connectivity index (χ3v) is 3.18. The fourth-order valence-corrected chi connectivity index (χ4v) is 2.13. The minimum absolute atomic E-state index is 0.177. The number of ether oxygens (including phenoxy) is 1. The molecule has 1 amide bonds. The molecule has 0 aliphatic rings. The lowest BCUT2D eigenvalue weighted by molar-refractivity contribution is -0.143. The highest BCUT2D eigenvalue weighted by atomic mass is 16.5. The van der Waals surface area contributed by atoms with Crippen molar-refractivity contribution >= 4 is 22.9 Å².